The Hall–Kier alpha value is -1.49. The number of rotatable bonds is 5. The Morgan fingerprint density at radius 1 is 1.35 bits per heavy atom. The highest BCUT2D eigenvalue weighted by Crippen LogP contribution is 2.18. The van der Waals surface area contributed by atoms with Crippen LogP contribution in [0.1, 0.15) is 24.5 Å². The minimum Gasteiger partial charge on any atom is -0.468 e. The van der Waals surface area contributed by atoms with E-state index in [1.54, 1.807) is 19.1 Å². The Labute approximate surface area is 98.8 Å². The topological polar surface area (TPSA) is 38.3 Å². The third-order valence-corrected chi connectivity index (χ3v) is 2.40. The Balaban J connectivity index is 2.50. The number of carbonyl (C=O) groups excluding carboxylic acids is 1. The molecule has 1 aromatic carbocycles. The predicted octanol–water partition coefficient (Wildman–Crippen LogP) is 2.28. The number of benzene rings is 1. The second-order valence-corrected chi connectivity index (χ2v) is 3.67. The Kier molecular flexibility index (Phi) is 5.03. The van der Waals surface area contributed by atoms with Crippen LogP contribution >= 0.6 is 0 Å². The number of hydrogen-bond donors (Lipinski definition) is 1. The van der Waals surface area contributed by atoms with Gasteiger partial charge in [0, 0.05) is 12.1 Å². The van der Waals surface area contributed by atoms with Gasteiger partial charge in [-0.05, 0) is 12.5 Å². The van der Waals surface area contributed by atoms with Crippen molar-refractivity contribution in [2.75, 3.05) is 7.11 Å². The Morgan fingerprint density at radius 3 is 2.41 bits per heavy atom. The van der Waals surface area contributed by atoms with E-state index in [-0.39, 0.29) is 11.5 Å². The number of halogens is 2. The first-order valence-corrected chi connectivity index (χ1v) is 5.22. The standard InChI is InChI=1S/C12H15F2NO2/c1-8(12(16)17-2)15-7-9-3-5-10(6-4-9)11(13)14/h3-6,8,11,15H,7H2,1-2H3/t8-/m0/s1. The molecule has 1 atom stereocenters. The zero-order valence-corrected chi connectivity index (χ0v) is 9.74. The molecular weight excluding hydrogens is 228 g/mol. The molecular formula is C12H15F2NO2. The van der Waals surface area contributed by atoms with E-state index in [2.05, 4.69) is 10.1 Å². The Morgan fingerprint density at radius 2 is 1.94 bits per heavy atom. The summed E-state index contributed by atoms with van der Waals surface area (Å²) in [5, 5.41) is 2.94. The van der Waals surface area contributed by atoms with Crippen LogP contribution in [0.4, 0.5) is 8.78 Å². The van der Waals surface area contributed by atoms with E-state index < -0.39 is 12.5 Å². The first-order chi connectivity index (χ1) is 8.04. The van der Waals surface area contributed by atoms with Crippen molar-refractivity contribution in [2.45, 2.75) is 25.9 Å². The maximum atomic E-state index is 12.3. The smallest absolute Gasteiger partial charge is 0.322 e. The number of methoxy groups -OCH3 is 1. The van der Waals surface area contributed by atoms with Crippen molar-refractivity contribution < 1.29 is 18.3 Å². The summed E-state index contributed by atoms with van der Waals surface area (Å²) in [6.07, 6.45) is -2.45. The second-order valence-electron chi connectivity index (χ2n) is 3.67. The van der Waals surface area contributed by atoms with Crippen LogP contribution in [0.25, 0.3) is 0 Å². The second kappa shape index (κ2) is 6.30. The van der Waals surface area contributed by atoms with Gasteiger partial charge in [0.15, 0.2) is 0 Å². The highest BCUT2D eigenvalue weighted by molar-refractivity contribution is 5.75. The van der Waals surface area contributed by atoms with Crippen LogP contribution in [-0.2, 0) is 16.1 Å². The van der Waals surface area contributed by atoms with Gasteiger partial charge in [-0.2, -0.15) is 0 Å². The van der Waals surface area contributed by atoms with Gasteiger partial charge in [0.25, 0.3) is 6.43 Å². The number of nitrogens with one attached hydrogen (secondary N) is 1. The van der Waals surface area contributed by atoms with Crippen LogP contribution in [0, 0.1) is 0 Å². The average molecular weight is 243 g/mol. The van der Waals surface area contributed by atoms with Gasteiger partial charge in [-0.1, -0.05) is 24.3 Å². The molecule has 1 aromatic rings. The van der Waals surface area contributed by atoms with Gasteiger partial charge in [0.2, 0.25) is 0 Å². The monoisotopic (exact) mass is 243 g/mol. The maximum absolute atomic E-state index is 12.3. The average Bonchev–Trinajstić information content (AvgIpc) is 2.35. The highest BCUT2D eigenvalue weighted by atomic mass is 19.3. The summed E-state index contributed by atoms with van der Waals surface area (Å²) >= 11 is 0. The van der Waals surface area contributed by atoms with Crippen LogP contribution in [0.5, 0.6) is 0 Å². The van der Waals surface area contributed by atoms with E-state index in [0.717, 1.165) is 5.56 Å². The summed E-state index contributed by atoms with van der Waals surface area (Å²) in [6, 6.07) is 5.56. The summed E-state index contributed by atoms with van der Waals surface area (Å²) in [5.74, 6) is -0.353. The molecule has 0 amide bonds. The molecule has 1 N–H and O–H groups in total. The predicted molar refractivity (Wildman–Crippen MR) is 59.7 cm³/mol. The molecule has 3 nitrogen and oxygen atoms in total. The van der Waals surface area contributed by atoms with E-state index in [1.807, 2.05) is 0 Å². The molecule has 0 heterocycles. The minimum atomic E-state index is -2.45. The normalized spacial score (nSPS) is 12.5. The molecule has 0 fully saturated rings. The molecule has 0 spiro atoms. The van der Waals surface area contributed by atoms with Crippen molar-refractivity contribution in [1.29, 1.82) is 0 Å². The molecule has 0 saturated carbocycles. The lowest BCUT2D eigenvalue weighted by molar-refractivity contribution is -0.142. The molecule has 0 unspecified atom stereocenters. The fourth-order valence-corrected chi connectivity index (χ4v) is 1.31. The first kappa shape index (κ1) is 13.6. The van der Waals surface area contributed by atoms with Gasteiger partial charge in [-0.3, -0.25) is 4.79 Å². The minimum absolute atomic E-state index is 0.00485. The molecule has 0 saturated heterocycles. The third kappa shape index (κ3) is 4.11. The molecule has 5 heteroatoms. The SMILES string of the molecule is COC(=O)[C@H](C)NCc1ccc(C(F)F)cc1. The van der Waals surface area contributed by atoms with E-state index in [4.69, 9.17) is 0 Å². The summed E-state index contributed by atoms with van der Waals surface area (Å²) < 4.78 is 29.1. The first-order valence-electron chi connectivity index (χ1n) is 5.22. The molecule has 0 aromatic heterocycles. The molecule has 0 radical (unpaired) electrons. The fraction of sp³-hybridized carbons (Fsp3) is 0.417. The molecule has 0 bridgehead atoms. The molecule has 0 aliphatic heterocycles. The largest absolute Gasteiger partial charge is 0.468 e. The van der Waals surface area contributed by atoms with E-state index in [0.29, 0.717) is 6.54 Å². The van der Waals surface area contributed by atoms with Crippen molar-refractivity contribution in [1.82, 2.24) is 5.32 Å². The lowest BCUT2D eigenvalue weighted by Crippen LogP contribution is -2.34. The van der Waals surface area contributed by atoms with Crippen LogP contribution in [0.2, 0.25) is 0 Å². The van der Waals surface area contributed by atoms with Crippen LogP contribution in [0.15, 0.2) is 24.3 Å². The fourth-order valence-electron chi connectivity index (χ4n) is 1.31. The van der Waals surface area contributed by atoms with Gasteiger partial charge in [-0.15, -0.1) is 0 Å². The maximum Gasteiger partial charge on any atom is 0.322 e. The number of alkyl halides is 2. The van der Waals surface area contributed by atoms with Gasteiger partial charge in [-0.25, -0.2) is 8.78 Å². The summed E-state index contributed by atoms with van der Waals surface area (Å²) in [7, 11) is 1.32. The zero-order chi connectivity index (χ0) is 12.8. The molecule has 17 heavy (non-hydrogen) atoms. The van der Waals surface area contributed by atoms with Crippen molar-refractivity contribution in [2.24, 2.45) is 0 Å². The van der Waals surface area contributed by atoms with Crippen molar-refractivity contribution >= 4 is 5.97 Å². The Bertz CT molecular complexity index is 365. The van der Waals surface area contributed by atoms with Crippen molar-refractivity contribution in [3.8, 4) is 0 Å². The van der Waals surface area contributed by atoms with Gasteiger partial charge in [0.05, 0.1) is 7.11 Å². The molecule has 0 aliphatic carbocycles. The van der Waals surface area contributed by atoms with E-state index in [9.17, 15) is 13.6 Å². The lowest BCUT2D eigenvalue weighted by atomic mass is 10.1. The van der Waals surface area contributed by atoms with Crippen LogP contribution in [0.3, 0.4) is 0 Å². The van der Waals surface area contributed by atoms with Crippen LogP contribution < -0.4 is 5.32 Å². The molecule has 94 valence electrons. The van der Waals surface area contributed by atoms with Crippen molar-refractivity contribution in [3.63, 3.8) is 0 Å². The van der Waals surface area contributed by atoms with Crippen molar-refractivity contribution in [3.05, 3.63) is 35.4 Å². The quantitative estimate of drug-likeness (QED) is 0.806. The number of hydrogen-bond acceptors (Lipinski definition) is 3. The summed E-state index contributed by atoms with van der Waals surface area (Å²) in [6.45, 7) is 2.11. The summed E-state index contributed by atoms with van der Waals surface area (Å²) in [5.41, 5.74) is 0.833. The number of carbonyl (C=O) groups is 1. The lowest BCUT2D eigenvalue weighted by Gasteiger charge is -2.11. The van der Waals surface area contributed by atoms with E-state index >= 15 is 0 Å². The van der Waals surface area contributed by atoms with E-state index in [1.165, 1.54) is 19.2 Å². The zero-order valence-electron chi connectivity index (χ0n) is 9.74. The van der Waals surface area contributed by atoms with Crippen LogP contribution in [-0.4, -0.2) is 19.1 Å². The highest BCUT2D eigenvalue weighted by Gasteiger charge is 2.12. The molecule has 0 aliphatic rings. The van der Waals surface area contributed by atoms with Gasteiger partial charge in [0.1, 0.15) is 6.04 Å². The number of esters is 1. The third-order valence-electron chi connectivity index (χ3n) is 2.40. The van der Waals surface area contributed by atoms with Gasteiger partial charge < -0.3 is 10.1 Å². The summed E-state index contributed by atoms with van der Waals surface area (Å²) in [4.78, 5) is 11.1. The number of ether oxygens (including phenoxy) is 1. The van der Waals surface area contributed by atoms with Gasteiger partial charge >= 0.3 is 5.97 Å². The molecule has 1 rings (SSSR count).